The Hall–Kier alpha value is -0.350. The van der Waals surface area contributed by atoms with Crippen molar-refractivity contribution in [1.29, 1.82) is 0 Å². The number of carbonyl (C=O) groups is 1. The average molecular weight is 361 g/mol. The summed E-state index contributed by atoms with van der Waals surface area (Å²) in [5.41, 5.74) is 0.757. The number of benzene rings is 1. The van der Waals surface area contributed by atoms with E-state index in [0.717, 1.165) is 28.3 Å². The summed E-state index contributed by atoms with van der Waals surface area (Å²) in [6.45, 7) is 3.07. The van der Waals surface area contributed by atoms with Crippen molar-refractivity contribution >= 4 is 37.8 Å². The number of halogens is 2. The second kappa shape index (κ2) is 5.53. The lowest BCUT2D eigenvalue weighted by molar-refractivity contribution is 0.0738. The van der Waals surface area contributed by atoms with Gasteiger partial charge in [-0.25, -0.2) is 0 Å². The van der Waals surface area contributed by atoms with Crippen LogP contribution in [0.4, 0.5) is 0 Å². The van der Waals surface area contributed by atoms with Crippen LogP contribution in [0.1, 0.15) is 23.7 Å². The summed E-state index contributed by atoms with van der Waals surface area (Å²) in [4.78, 5) is 14.4. The van der Waals surface area contributed by atoms with Crippen molar-refractivity contribution in [2.24, 2.45) is 5.92 Å². The molecule has 0 saturated carbocycles. The first kappa shape index (κ1) is 13.1. The summed E-state index contributed by atoms with van der Waals surface area (Å²) in [7, 11) is 0. The van der Waals surface area contributed by atoms with Gasteiger partial charge in [0.25, 0.3) is 5.91 Å². The van der Waals surface area contributed by atoms with Crippen molar-refractivity contribution in [2.45, 2.75) is 19.4 Å². The van der Waals surface area contributed by atoms with Crippen molar-refractivity contribution in [3.63, 3.8) is 0 Å². The van der Waals surface area contributed by atoms with Crippen molar-refractivity contribution < 1.29 is 4.79 Å². The molecule has 2 unspecified atom stereocenters. The molecule has 2 atom stereocenters. The molecular formula is C13H15Br2NO. The van der Waals surface area contributed by atoms with Gasteiger partial charge < -0.3 is 4.90 Å². The second-order valence-corrected chi connectivity index (χ2v) is 5.97. The first-order valence-electron chi connectivity index (χ1n) is 5.76. The molecule has 1 saturated heterocycles. The third-order valence-corrected chi connectivity index (χ3v) is 4.76. The molecule has 2 nitrogen and oxygen atoms in total. The highest BCUT2D eigenvalue weighted by Gasteiger charge is 2.34. The third kappa shape index (κ3) is 2.58. The summed E-state index contributed by atoms with van der Waals surface area (Å²) in [5.74, 6) is 0.701. The van der Waals surface area contributed by atoms with Crippen LogP contribution >= 0.6 is 31.9 Å². The lowest BCUT2D eigenvalue weighted by Crippen LogP contribution is -2.38. The van der Waals surface area contributed by atoms with E-state index in [1.165, 1.54) is 0 Å². The molecular weight excluding hydrogens is 346 g/mol. The number of hydrogen-bond donors (Lipinski definition) is 0. The molecule has 0 spiro atoms. The van der Waals surface area contributed by atoms with Gasteiger partial charge in [0, 0.05) is 22.4 Å². The molecule has 92 valence electrons. The smallest absolute Gasteiger partial charge is 0.255 e. The van der Waals surface area contributed by atoms with Crippen LogP contribution in [-0.4, -0.2) is 28.7 Å². The average Bonchev–Trinajstić information content (AvgIpc) is 2.70. The maximum atomic E-state index is 12.5. The lowest BCUT2D eigenvalue weighted by Gasteiger charge is -2.25. The van der Waals surface area contributed by atoms with Gasteiger partial charge in [0.05, 0.1) is 5.56 Å². The fourth-order valence-corrected chi connectivity index (χ4v) is 3.73. The monoisotopic (exact) mass is 359 g/mol. The molecule has 0 N–H and O–H groups in total. The number of rotatable bonds is 2. The van der Waals surface area contributed by atoms with Crippen molar-refractivity contribution in [1.82, 2.24) is 4.90 Å². The predicted molar refractivity (Wildman–Crippen MR) is 76.5 cm³/mol. The fraction of sp³-hybridized carbons (Fsp3) is 0.462. The molecule has 0 aromatic heterocycles. The van der Waals surface area contributed by atoms with Gasteiger partial charge in [-0.05, 0) is 40.4 Å². The summed E-state index contributed by atoms with van der Waals surface area (Å²) >= 11 is 6.95. The van der Waals surface area contributed by atoms with Crippen LogP contribution in [-0.2, 0) is 0 Å². The molecule has 1 aliphatic rings. The Morgan fingerprint density at radius 3 is 2.82 bits per heavy atom. The molecule has 1 aromatic carbocycles. The molecule has 1 fully saturated rings. The zero-order chi connectivity index (χ0) is 12.4. The molecule has 2 rings (SSSR count). The van der Waals surface area contributed by atoms with E-state index in [2.05, 4.69) is 38.8 Å². The molecule has 0 bridgehead atoms. The number of likely N-dealkylation sites (tertiary alicyclic amines) is 1. The Kier molecular flexibility index (Phi) is 4.26. The van der Waals surface area contributed by atoms with E-state index >= 15 is 0 Å². The Balaban J connectivity index is 2.24. The summed E-state index contributed by atoms with van der Waals surface area (Å²) in [6.07, 6.45) is 1.09. The Morgan fingerprint density at radius 1 is 1.47 bits per heavy atom. The van der Waals surface area contributed by atoms with Gasteiger partial charge in [-0.3, -0.25) is 4.79 Å². The molecule has 1 amide bonds. The van der Waals surface area contributed by atoms with Crippen LogP contribution in [0.25, 0.3) is 0 Å². The molecule has 17 heavy (non-hydrogen) atoms. The van der Waals surface area contributed by atoms with E-state index in [1.807, 2.05) is 29.2 Å². The van der Waals surface area contributed by atoms with Crippen molar-refractivity contribution in [2.75, 3.05) is 11.9 Å². The minimum atomic E-state index is 0.131. The van der Waals surface area contributed by atoms with E-state index in [1.54, 1.807) is 0 Å². The van der Waals surface area contributed by atoms with Crippen LogP contribution in [0, 0.1) is 5.92 Å². The first-order chi connectivity index (χ1) is 8.15. The number of hydrogen-bond acceptors (Lipinski definition) is 1. The molecule has 1 heterocycles. The SMILES string of the molecule is CC1CCN(C(=O)c2ccccc2Br)C1CBr. The molecule has 1 aliphatic heterocycles. The Morgan fingerprint density at radius 2 is 2.18 bits per heavy atom. The maximum absolute atomic E-state index is 12.5. The molecule has 1 aromatic rings. The standard InChI is InChI=1S/C13H15Br2NO/c1-9-6-7-16(12(9)8-14)13(17)10-4-2-3-5-11(10)15/h2-5,9,12H,6-8H2,1H3. The first-order valence-corrected chi connectivity index (χ1v) is 7.68. The second-order valence-electron chi connectivity index (χ2n) is 4.47. The molecule has 0 radical (unpaired) electrons. The van der Waals surface area contributed by atoms with Gasteiger partial charge in [-0.15, -0.1) is 0 Å². The van der Waals surface area contributed by atoms with Crippen LogP contribution in [0.3, 0.4) is 0 Å². The molecule has 0 aliphatic carbocycles. The summed E-state index contributed by atoms with van der Waals surface area (Å²) < 4.78 is 0.873. The number of nitrogens with zero attached hydrogens (tertiary/aromatic N) is 1. The minimum Gasteiger partial charge on any atom is -0.335 e. The maximum Gasteiger partial charge on any atom is 0.255 e. The zero-order valence-corrected chi connectivity index (χ0v) is 12.9. The van der Waals surface area contributed by atoms with Gasteiger partial charge in [-0.2, -0.15) is 0 Å². The topological polar surface area (TPSA) is 20.3 Å². The van der Waals surface area contributed by atoms with Gasteiger partial charge in [0.2, 0.25) is 0 Å². The van der Waals surface area contributed by atoms with Crippen LogP contribution in [0.5, 0.6) is 0 Å². The Labute approximate surface area is 119 Å². The van der Waals surface area contributed by atoms with Crippen LogP contribution in [0.15, 0.2) is 28.7 Å². The molecule has 4 heteroatoms. The number of alkyl halides is 1. The zero-order valence-electron chi connectivity index (χ0n) is 9.70. The fourth-order valence-electron chi connectivity index (χ4n) is 2.29. The van der Waals surface area contributed by atoms with E-state index in [9.17, 15) is 4.79 Å². The van der Waals surface area contributed by atoms with Crippen LogP contribution < -0.4 is 0 Å². The van der Waals surface area contributed by atoms with Gasteiger partial charge >= 0.3 is 0 Å². The Bertz CT molecular complexity index is 422. The van der Waals surface area contributed by atoms with Gasteiger partial charge in [0.15, 0.2) is 0 Å². The van der Waals surface area contributed by atoms with E-state index < -0.39 is 0 Å². The highest BCUT2D eigenvalue weighted by molar-refractivity contribution is 9.10. The van der Waals surface area contributed by atoms with Gasteiger partial charge in [0.1, 0.15) is 0 Å². The number of carbonyl (C=O) groups excluding carboxylic acids is 1. The minimum absolute atomic E-state index is 0.131. The number of amides is 1. The van der Waals surface area contributed by atoms with E-state index in [4.69, 9.17) is 0 Å². The lowest BCUT2D eigenvalue weighted by atomic mass is 10.0. The van der Waals surface area contributed by atoms with E-state index in [0.29, 0.717) is 12.0 Å². The van der Waals surface area contributed by atoms with Crippen molar-refractivity contribution in [3.8, 4) is 0 Å². The van der Waals surface area contributed by atoms with E-state index in [-0.39, 0.29) is 5.91 Å². The highest BCUT2D eigenvalue weighted by Crippen LogP contribution is 2.28. The highest BCUT2D eigenvalue weighted by atomic mass is 79.9. The van der Waals surface area contributed by atoms with Gasteiger partial charge in [-0.1, -0.05) is 35.0 Å². The summed E-state index contributed by atoms with van der Waals surface area (Å²) in [5, 5.41) is 0.852. The third-order valence-electron chi connectivity index (χ3n) is 3.41. The predicted octanol–water partition coefficient (Wildman–Crippen LogP) is 3.69. The van der Waals surface area contributed by atoms with Crippen molar-refractivity contribution in [3.05, 3.63) is 34.3 Å². The largest absolute Gasteiger partial charge is 0.335 e. The normalized spacial score (nSPS) is 24.1. The quantitative estimate of drug-likeness (QED) is 0.736. The summed E-state index contributed by atoms with van der Waals surface area (Å²) in [6, 6.07) is 7.93. The van der Waals surface area contributed by atoms with Crippen LogP contribution in [0.2, 0.25) is 0 Å².